The highest BCUT2D eigenvalue weighted by atomic mass is 32.1. The number of nitrogens with zero attached hydrogens (tertiary/aromatic N) is 3. The van der Waals surface area contributed by atoms with Crippen LogP contribution in [0.5, 0.6) is 0 Å². The fraction of sp³-hybridized carbons (Fsp3) is 0.0213. The van der Waals surface area contributed by atoms with Crippen LogP contribution < -0.4 is 0 Å². The van der Waals surface area contributed by atoms with Crippen molar-refractivity contribution in [2.75, 3.05) is 0 Å². The molecule has 0 N–H and O–H groups in total. The number of fused-ring (bicyclic) bond motifs is 22. The summed E-state index contributed by atoms with van der Waals surface area (Å²) < 4.78 is 6.43. The molecular weight excluding hydrogens is 671 g/mol. The zero-order chi connectivity index (χ0) is 33.7. The van der Waals surface area contributed by atoms with Gasteiger partial charge in [-0.1, -0.05) is 115 Å². The maximum Gasteiger partial charge on any atom is 0.127 e. The monoisotopic (exact) mass is 695 g/mol. The maximum atomic E-state index is 4.82. The van der Waals surface area contributed by atoms with E-state index in [1.54, 1.807) is 17.7 Å². The van der Waals surface area contributed by atoms with Crippen LogP contribution in [0.2, 0.25) is 0 Å². The van der Waals surface area contributed by atoms with Gasteiger partial charge in [0.05, 0.1) is 21.1 Å². The van der Waals surface area contributed by atoms with Crippen LogP contribution in [0.15, 0.2) is 152 Å². The first-order chi connectivity index (χ1) is 25.8. The van der Waals surface area contributed by atoms with Crippen molar-refractivity contribution in [1.29, 1.82) is 0 Å². The summed E-state index contributed by atoms with van der Waals surface area (Å²) in [5.41, 5.74) is 13.9. The number of hydrogen-bond acceptors (Lipinski definition) is 4. The van der Waals surface area contributed by atoms with Gasteiger partial charge in [0.1, 0.15) is 11.2 Å². The summed E-state index contributed by atoms with van der Waals surface area (Å²) in [5.74, 6) is 0. The van der Waals surface area contributed by atoms with Crippen molar-refractivity contribution in [3.8, 4) is 27.9 Å². The van der Waals surface area contributed by atoms with Crippen molar-refractivity contribution < 1.29 is 0 Å². The first kappa shape index (κ1) is 27.6. The molecule has 1 spiro atoms. The second-order valence-electron chi connectivity index (χ2n) is 14.0. The number of rotatable bonds is 1. The molecule has 0 unspecified atom stereocenters. The van der Waals surface area contributed by atoms with Crippen molar-refractivity contribution in [2.45, 2.75) is 5.41 Å². The fourth-order valence-electron chi connectivity index (χ4n) is 9.90. The SMILES string of the molecule is c1ccc2c(c1)-c1ccccc1C21c2ccccc2-c2ccc(-n3c4ccccc4c4c5sc6ccccc6c5c5c6cncnc6sc5c43)cc21. The summed E-state index contributed by atoms with van der Waals surface area (Å²) in [5, 5.41) is 7.58. The van der Waals surface area contributed by atoms with Crippen LogP contribution in [-0.2, 0) is 5.41 Å². The predicted molar refractivity (Wildman–Crippen MR) is 218 cm³/mol. The summed E-state index contributed by atoms with van der Waals surface area (Å²) in [7, 11) is 0. The smallest absolute Gasteiger partial charge is 0.127 e. The molecule has 0 atom stereocenters. The third-order valence-corrected chi connectivity index (χ3v) is 14.1. The van der Waals surface area contributed by atoms with Crippen LogP contribution in [-0.4, -0.2) is 14.5 Å². The van der Waals surface area contributed by atoms with Crippen LogP contribution in [0.3, 0.4) is 0 Å². The van der Waals surface area contributed by atoms with Crippen LogP contribution >= 0.6 is 22.7 Å². The Morgan fingerprint density at radius 3 is 1.87 bits per heavy atom. The van der Waals surface area contributed by atoms with Crippen LogP contribution in [0.4, 0.5) is 0 Å². The molecule has 0 bridgehead atoms. The molecule has 5 heteroatoms. The van der Waals surface area contributed by atoms with Gasteiger partial charge in [0.2, 0.25) is 0 Å². The molecule has 13 rings (SSSR count). The molecule has 2 aliphatic rings. The van der Waals surface area contributed by atoms with Crippen LogP contribution in [0, 0.1) is 0 Å². The average molecular weight is 696 g/mol. The Morgan fingerprint density at radius 2 is 1.12 bits per heavy atom. The molecule has 52 heavy (non-hydrogen) atoms. The quantitative estimate of drug-likeness (QED) is 0.171. The van der Waals surface area contributed by atoms with E-state index in [1.807, 2.05) is 17.5 Å². The molecule has 4 heterocycles. The molecular formula is C47H25N3S2. The Kier molecular flexibility index (Phi) is 5.08. The lowest BCUT2D eigenvalue weighted by molar-refractivity contribution is 0.792. The van der Waals surface area contributed by atoms with Gasteiger partial charge in [-0.2, -0.15) is 0 Å². The lowest BCUT2D eigenvalue weighted by Crippen LogP contribution is -2.26. The molecule has 11 aromatic rings. The lowest BCUT2D eigenvalue weighted by atomic mass is 9.70. The Labute approximate surface area is 305 Å². The number of benzene rings is 7. The first-order valence-electron chi connectivity index (χ1n) is 17.6. The second-order valence-corrected chi connectivity index (χ2v) is 16.1. The molecule has 0 saturated carbocycles. The van der Waals surface area contributed by atoms with Crippen molar-refractivity contribution in [3.63, 3.8) is 0 Å². The van der Waals surface area contributed by atoms with Gasteiger partial charge in [-0.25, -0.2) is 9.97 Å². The third-order valence-electron chi connectivity index (χ3n) is 11.8. The topological polar surface area (TPSA) is 30.7 Å². The molecule has 0 radical (unpaired) electrons. The van der Waals surface area contributed by atoms with Gasteiger partial charge >= 0.3 is 0 Å². The molecule has 7 aromatic carbocycles. The summed E-state index contributed by atoms with van der Waals surface area (Å²) in [6, 6.07) is 52.2. The minimum absolute atomic E-state index is 0.408. The highest BCUT2D eigenvalue weighted by Gasteiger charge is 2.51. The Hall–Kier alpha value is -6.14. The maximum absolute atomic E-state index is 4.82. The largest absolute Gasteiger partial charge is 0.308 e. The number of hydrogen-bond donors (Lipinski definition) is 0. The van der Waals surface area contributed by atoms with Crippen molar-refractivity contribution in [3.05, 3.63) is 174 Å². The summed E-state index contributed by atoms with van der Waals surface area (Å²) in [6.07, 6.45) is 3.69. The highest BCUT2D eigenvalue weighted by molar-refractivity contribution is 7.29. The van der Waals surface area contributed by atoms with E-state index in [2.05, 4.69) is 149 Å². The van der Waals surface area contributed by atoms with Gasteiger partial charge in [-0.15, -0.1) is 22.7 Å². The summed E-state index contributed by atoms with van der Waals surface area (Å²) in [6.45, 7) is 0. The summed E-state index contributed by atoms with van der Waals surface area (Å²) in [4.78, 5) is 10.4. The lowest BCUT2D eigenvalue weighted by Gasteiger charge is -2.30. The third kappa shape index (κ3) is 3.11. The fourth-order valence-corrected chi connectivity index (χ4v) is 12.3. The molecule has 4 aromatic heterocycles. The van der Waals surface area contributed by atoms with Crippen molar-refractivity contribution in [2.24, 2.45) is 0 Å². The Morgan fingerprint density at radius 1 is 0.500 bits per heavy atom. The van der Waals surface area contributed by atoms with Gasteiger partial charge < -0.3 is 4.57 Å². The first-order valence-corrected chi connectivity index (χ1v) is 19.3. The molecule has 3 nitrogen and oxygen atoms in total. The van der Waals surface area contributed by atoms with E-state index in [0.29, 0.717) is 0 Å². The van der Waals surface area contributed by atoms with E-state index in [4.69, 9.17) is 4.98 Å². The minimum Gasteiger partial charge on any atom is -0.308 e. The van der Waals surface area contributed by atoms with Gasteiger partial charge in [0, 0.05) is 53.6 Å². The highest BCUT2D eigenvalue weighted by Crippen LogP contribution is 2.63. The predicted octanol–water partition coefficient (Wildman–Crippen LogP) is 12.7. The number of para-hydroxylation sites is 1. The van der Waals surface area contributed by atoms with Crippen molar-refractivity contribution >= 4 is 85.0 Å². The van der Waals surface area contributed by atoms with E-state index < -0.39 is 5.41 Å². The number of aromatic nitrogens is 3. The van der Waals surface area contributed by atoms with E-state index in [-0.39, 0.29) is 0 Å². The minimum atomic E-state index is -0.408. The van der Waals surface area contributed by atoms with Gasteiger partial charge in [-0.3, -0.25) is 0 Å². The molecule has 0 saturated heterocycles. The van der Waals surface area contributed by atoms with E-state index in [0.717, 1.165) is 10.2 Å². The van der Waals surface area contributed by atoms with Crippen molar-refractivity contribution in [1.82, 2.24) is 14.5 Å². The normalized spacial score (nSPS) is 13.9. The molecule has 240 valence electrons. The molecule has 0 aliphatic heterocycles. The Balaban J connectivity index is 1.22. The van der Waals surface area contributed by atoms with Gasteiger partial charge in [0.25, 0.3) is 0 Å². The number of thiophene rings is 2. The van der Waals surface area contributed by atoms with Crippen LogP contribution in [0.1, 0.15) is 22.3 Å². The zero-order valence-corrected chi connectivity index (χ0v) is 29.2. The van der Waals surface area contributed by atoms with E-state index >= 15 is 0 Å². The van der Waals surface area contributed by atoms with E-state index in [9.17, 15) is 0 Å². The average Bonchev–Trinajstić information content (AvgIpc) is 3.99. The Bertz CT molecular complexity index is 3320. The molecule has 0 amide bonds. The standard InChI is InChI=1S/C47H25N3S2/c1-6-16-34-27(11-1)28-12-2-7-17-35(28)47(34)36-18-8-3-13-29(36)30-22-21-26(23-37(30)47)50-38-19-9-4-14-31(38)42-43(50)45-41(33-24-48-25-49-46(33)52-45)40-32-15-5-10-20-39(32)51-44(40)42/h1-25H. The van der Waals surface area contributed by atoms with E-state index in [1.165, 1.54) is 102 Å². The van der Waals surface area contributed by atoms with Gasteiger partial charge in [-0.05, 0) is 68.8 Å². The summed E-state index contributed by atoms with van der Waals surface area (Å²) >= 11 is 3.69. The van der Waals surface area contributed by atoms with Crippen LogP contribution in [0.25, 0.3) is 90.2 Å². The molecule has 2 aliphatic carbocycles. The zero-order valence-electron chi connectivity index (χ0n) is 27.6. The molecule has 0 fully saturated rings. The second kappa shape index (κ2) is 9.59. The van der Waals surface area contributed by atoms with Gasteiger partial charge in [0.15, 0.2) is 0 Å².